The van der Waals surface area contributed by atoms with Crippen LogP contribution < -0.4 is 33.2 Å². The highest BCUT2D eigenvalue weighted by molar-refractivity contribution is 7.80. The Balaban J connectivity index is 2.87. The highest BCUT2D eigenvalue weighted by Crippen LogP contribution is 2.04. The number of carbonyl (C=O) groups is 4. The lowest BCUT2D eigenvalue weighted by Gasteiger charge is -2.25. The molecule has 0 spiro atoms. The highest BCUT2D eigenvalue weighted by Gasteiger charge is 2.31. The number of aliphatic carboxylic acids is 1. The summed E-state index contributed by atoms with van der Waals surface area (Å²) >= 11 is 4.04. The molecular formula is C19H33N9O6S. The van der Waals surface area contributed by atoms with Crippen molar-refractivity contribution >= 4 is 42.3 Å². The van der Waals surface area contributed by atoms with Gasteiger partial charge in [0.15, 0.2) is 12.0 Å². The zero-order valence-corrected chi connectivity index (χ0v) is 20.1. The van der Waals surface area contributed by atoms with Crippen molar-refractivity contribution in [2.45, 2.75) is 56.5 Å². The number of carboxylic acids is 1. The predicted molar refractivity (Wildman–Crippen MR) is 129 cm³/mol. The molecule has 0 saturated heterocycles. The molecule has 0 saturated carbocycles. The molecule has 3 amide bonds. The lowest BCUT2D eigenvalue weighted by Crippen LogP contribution is -2.59. The molecule has 16 heteroatoms. The summed E-state index contributed by atoms with van der Waals surface area (Å²) in [5, 5.41) is 25.8. The second-order valence-corrected chi connectivity index (χ2v) is 8.07. The topological polar surface area (TPSA) is 264 Å². The molecule has 0 aliphatic rings. The minimum atomic E-state index is -1.58. The van der Waals surface area contributed by atoms with Gasteiger partial charge >= 0.3 is 5.97 Å². The SMILES string of the molecule is CC(O)C(NC(=O)C(CS)NC(=O)C(Cc1cnc[nH]1)NC(=O)C(N)CCCN=C(N)N)C(=O)O. The van der Waals surface area contributed by atoms with E-state index in [0.717, 1.165) is 0 Å². The van der Waals surface area contributed by atoms with Crippen LogP contribution in [0.3, 0.4) is 0 Å². The van der Waals surface area contributed by atoms with Gasteiger partial charge in [-0.05, 0) is 19.8 Å². The molecule has 35 heavy (non-hydrogen) atoms. The van der Waals surface area contributed by atoms with Crippen molar-refractivity contribution in [2.24, 2.45) is 22.2 Å². The van der Waals surface area contributed by atoms with Gasteiger partial charge in [-0.25, -0.2) is 9.78 Å². The molecule has 0 fully saturated rings. The number of hydrogen-bond acceptors (Lipinski definition) is 9. The third-order valence-electron chi connectivity index (χ3n) is 4.78. The molecule has 0 aliphatic carbocycles. The summed E-state index contributed by atoms with van der Waals surface area (Å²) in [5.41, 5.74) is 16.9. The van der Waals surface area contributed by atoms with Crippen LogP contribution in [0.15, 0.2) is 17.5 Å². The first-order valence-electron chi connectivity index (χ1n) is 10.7. The summed E-state index contributed by atoms with van der Waals surface area (Å²) in [7, 11) is 0. The number of nitrogens with zero attached hydrogens (tertiary/aromatic N) is 2. The molecule has 0 bridgehead atoms. The van der Waals surface area contributed by atoms with Gasteiger partial charge in [-0.1, -0.05) is 0 Å². The Morgan fingerprint density at radius 3 is 2.29 bits per heavy atom. The molecule has 1 heterocycles. The van der Waals surface area contributed by atoms with Crippen LogP contribution in [-0.2, 0) is 25.6 Å². The Bertz CT molecular complexity index is 876. The summed E-state index contributed by atoms with van der Waals surface area (Å²) in [4.78, 5) is 59.8. The van der Waals surface area contributed by atoms with E-state index in [1.807, 2.05) is 0 Å². The second-order valence-electron chi connectivity index (χ2n) is 7.71. The molecule has 12 N–H and O–H groups in total. The standard InChI is InChI=1S/C19H33N9O6S/c1-9(29)14(18(33)34)28-17(32)13(7-35)27-16(31)12(5-10-6-23-8-25-10)26-15(30)11(20)3-2-4-24-19(21)22/h6,8-9,11-14,29,35H,2-5,7,20H2,1H3,(H,23,25)(H,26,30)(H,27,31)(H,28,32)(H,33,34)(H4,21,22,24). The number of nitrogens with one attached hydrogen (secondary N) is 4. The summed E-state index contributed by atoms with van der Waals surface area (Å²) < 4.78 is 0. The highest BCUT2D eigenvalue weighted by atomic mass is 32.1. The molecule has 5 atom stereocenters. The van der Waals surface area contributed by atoms with Crippen molar-refractivity contribution in [2.75, 3.05) is 12.3 Å². The van der Waals surface area contributed by atoms with Crippen LogP contribution in [0.4, 0.5) is 0 Å². The number of imidazole rings is 1. The number of H-pyrrole nitrogens is 1. The first-order chi connectivity index (χ1) is 16.5. The van der Waals surface area contributed by atoms with E-state index in [1.54, 1.807) is 0 Å². The van der Waals surface area contributed by atoms with E-state index in [-0.39, 0.29) is 31.1 Å². The maximum Gasteiger partial charge on any atom is 0.328 e. The number of aliphatic imine (C=N–C) groups is 1. The predicted octanol–water partition coefficient (Wildman–Crippen LogP) is -3.82. The molecule has 0 aromatic carbocycles. The number of aromatic amines is 1. The molecule has 1 aromatic rings. The van der Waals surface area contributed by atoms with E-state index in [9.17, 15) is 24.3 Å². The Hall–Kier alpha value is -3.37. The average molecular weight is 516 g/mol. The fourth-order valence-corrected chi connectivity index (χ4v) is 3.12. The summed E-state index contributed by atoms with van der Waals surface area (Å²) in [6.45, 7) is 1.48. The van der Waals surface area contributed by atoms with E-state index in [1.165, 1.54) is 19.4 Å². The van der Waals surface area contributed by atoms with Crippen LogP contribution in [0, 0.1) is 0 Å². The smallest absolute Gasteiger partial charge is 0.328 e. The lowest BCUT2D eigenvalue weighted by molar-refractivity contribution is -0.145. The average Bonchev–Trinajstić information content (AvgIpc) is 3.30. The molecule has 15 nitrogen and oxygen atoms in total. The third kappa shape index (κ3) is 10.6. The molecule has 0 aliphatic heterocycles. The maximum absolute atomic E-state index is 13.0. The van der Waals surface area contributed by atoms with Gasteiger partial charge in [-0.3, -0.25) is 19.4 Å². The van der Waals surface area contributed by atoms with Crippen molar-refractivity contribution < 1.29 is 29.4 Å². The largest absolute Gasteiger partial charge is 0.480 e. The fourth-order valence-electron chi connectivity index (χ4n) is 2.86. The number of aromatic nitrogens is 2. The van der Waals surface area contributed by atoms with E-state index < -0.39 is 54.0 Å². The molecule has 1 rings (SSSR count). The molecular weight excluding hydrogens is 482 g/mol. The number of guanidine groups is 1. The van der Waals surface area contributed by atoms with Gasteiger partial charge in [-0.15, -0.1) is 0 Å². The Morgan fingerprint density at radius 1 is 1.14 bits per heavy atom. The number of carboxylic acid groups (broad SMARTS) is 1. The first-order valence-corrected chi connectivity index (χ1v) is 11.3. The number of thiol groups is 1. The van der Waals surface area contributed by atoms with Crippen LogP contribution in [0.25, 0.3) is 0 Å². The van der Waals surface area contributed by atoms with E-state index in [4.69, 9.17) is 22.3 Å². The van der Waals surface area contributed by atoms with Gasteiger partial charge < -0.3 is 48.3 Å². The van der Waals surface area contributed by atoms with Crippen LogP contribution in [-0.4, -0.2) is 92.4 Å². The van der Waals surface area contributed by atoms with Gasteiger partial charge in [0.05, 0.1) is 18.5 Å². The van der Waals surface area contributed by atoms with E-state index in [2.05, 4.69) is 43.5 Å². The van der Waals surface area contributed by atoms with Crippen molar-refractivity contribution in [3.8, 4) is 0 Å². The summed E-state index contributed by atoms with van der Waals surface area (Å²) in [5.74, 6) is -3.93. The van der Waals surface area contributed by atoms with E-state index in [0.29, 0.717) is 12.1 Å². The summed E-state index contributed by atoms with van der Waals surface area (Å²) in [6, 6.07) is -4.93. The zero-order chi connectivity index (χ0) is 26.5. The first kappa shape index (κ1) is 29.7. The molecule has 0 radical (unpaired) electrons. The third-order valence-corrected chi connectivity index (χ3v) is 5.14. The monoisotopic (exact) mass is 515 g/mol. The second kappa shape index (κ2) is 14.8. The number of carbonyl (C=O) groups excluding carboxylic acids is 3. The van der Waals surface area contributed by atoms with Crippen LogP contribution in [0.5, 0.6) is 0 Å². The van der Waals surface area contributed by atoms with E-state index >= 15 is 0 Å². The Morgan fingerprint density at radius 2 is 1.77 bits per heavy atom. The minimum absolute atomic E-state index is 0.00459. The number of hydrogen-bond donors (Lipinski definition) is 10. The van der Waals surface area contributed by atoms with Gasteiger partial charge in [0, 0.05) is 30.6 Å². The van der Waals surface area contributed by atoms with Gasteiger partial charge in [0.1, 0.15) is 12.1 Å². The van der Waals surface area contributed by atoms with Gasteiger partial charge in [-0.2, -0.15) is 12.6 Å². The normalized spacial score (nSPS) is 15.1. The van der Waals surface area contributed by atoms with Crippen molar-refractivity contribution in [1.29, 1.82) is 0 Å². The van der Waals surface area contributed by atoms with Crippen molar-refractivity contribution in [3.63, 3.8) is 0 Å². The maximum atomic E-state index is 13.0. The van der Waals surface area contributed by atoms with Gasteiger partial charge in [0.25, 0.3) is 0 Å². The minimum Gasteiger partial charge on any atom is -0.480 e. The number of rotatable bonds is 15. The zero-order valence-electron chi connectivity index (χ0n) is 19.2. The van der Waals surface area contributed by atoms with Crippen molar-refractivity contribution in [1.82, 2.24) is 25.9 Å². The number of nitrogens with two attached hydrogens (primary N) is 3. The Kier molecular flexibility index (Phi) is 12.5. The summed E-state index contributed by atoms with van der Waals surface area (Å²) in [6.07, 6.45) is 2.16. The number of aliphatic hydroxyl groups excluding tert-OH is 1. The quantitative estimate of drug-likeness (QED) is 0.0470. The van der Waals surface area contributed by atoms with Crippen LogP contribution in [0.1, 0.15) is 25.5 Å². The number of aliphatic hydroxyl groups is 1. The molecule has 5 unspecified atom stereocenters. The Labute approximate surface area is 207 Å². The van der Waals surface area contributed by atoms with Crippen LogP contribution in [0.2, 0.25) is 0 Å². The van der Waals surface area contributed by atoms with Gasteiger partial charge in [0.2, 0.25) is 17.7 Å². The fraction of sp³-hybridized carbons (Fsp3) is 0.579. The van der Waals surface area contributed by atoms with Crippen LogP contribution >= 0.6 is 12.6 Å². The lowest BCUT2D eigenvalue weighted by atomic mass is 10.1. The number of amides is 3. The van der Waals surface area contributed by atoms with Crippen molar-refractivity contribution in [3.05, 3.63) is 18.2 Å². The molecule has 196 valence electrons. The molecule has 1 aromatic heterocycles.